The molecule has 1 aromatic heterocycles. The molecule has 4 aromatic rings. The molecule has 7 nitrogen and oxygen atoms in total. The number of halogens is 1. The van der Waals surface area contributed by atoms with Crippen molar-refractivity contribution in [3.05, 3.63) is 107 Å². The zero-order chi connectivity index (χ0) is 24.4. The fraction of sp³-hybridized carbons (Fsp3) is 0.148. The monoisotopic (exact) mass is 470 g/mol. The number of allylic oxidation sites excluding steroid dienone is 1. The summed E-state index contributed by atoms with van der Waals surface area (Å²) in [6.45, 7) is 2.18. The number of nitrogens with zero attached hydrogens (tertiary/aromatic N) is 3. The second-order valence-corrected chi connectivity index (χ2v) is 8.16. The summed E-state index contributed by atoms with van der Waals surface area (Å²) in [7, 11) is 1.60. The van der Waals surface area contributed by atoms with Crippen molar-refractivity contribution in [2.75, 3.05) is 7.11 Å². The highest BCUT2D eigenvalue weighted by atomic mass is 19.1. The molecule has 0 fully saturated rings. The molecule has 0 saturated carbocycles. The molecule has 5 rings (SSSR count). The number of carbonyl (C=O) groups is 1. The quantitative estimate of drug-likeness (QED) is 0.398. The Balaban J connectivity index is 1.58. The van der Waals surface area contributed by atoms with Gasteiger partial charge in [-0.2, -0.15) is 4.98 Å². The van der Waals surface area contributed by atoms with Crippen molar-refractivity contribution in [3.8, 4) is 17.1 Å². The Morgan fingerprint density at radius 2 is 1.86 bits per heavy atom. The van der Waals surface area contributed by atoms with Crippen molar-refractivity contribution >= 4 is 11.6 Å². The van der Waals surface area contributed by atoms with E-state index in [2.05, 4.69) is 15.5 Å². The first-order chi connectivity index (χ1) is 17.0. The molecule has 0 aliphatic carbocycles. The Hall–Kier alpha value is -4.46. The molecule has 35 heavy (non-hydrogen) atoms. The van der Waals surface area contributed by atoms with E-state index < -0.39 is 6.04 Å². The van der Waals surface area contributed by atoms with Crippen LogP contribution in [0.25, 0.3) is 17.0 Å². The molecular weight excluding hydrogens is 447 g/mol. The van der Waals surface area contributed by atoms with Crippen LogP contribution in [-0.2, 0) is 6.54 Å². The summed E-state index contributed by atoms with van der Waals surface area (Å²) < 4.78 is 24.7. The number of ether oxygens (including phenoxy) is 1. The third kappa shape index (κ3) is 4.50. The average molecular weight is 471 g/mol. The summed E-state index contributed by atoms with van der Waals surface area (Å²) >= 11 is 0. The van der Waals surface area contributed by atoms with E-state index in [0.717, 1.165) is 11.1 Å². The zero-order valence-electron chi connectivity index (χ0n) is 19.2. The second kappa shape index (κ2) is 9.42. The molecule has 8 heteroatoms. The summed E-state index contributed by atoms with van der Waals surface area (Å²) in [5.74, 6) is 0.843. The highest BCUT2D eigenvalue weighted by molar-refractivity contribution is 5.86. The van der Waals surface area contributed by atoms with E-state index in [4.69, 9.17) is 9.26 Å². The normalized spacial score (nSPS) is 15.8. The van der Waals surface area contributed by atoms with Gasteiger partial charge in [0.2, 0.25) is 5.82 Å². The Kier molecular flexibility index (Phi) is 6.01. The van der Waals surface area contributed by atoms with Gasteiger partial charge in [-0.25, -0.2) is 9.18 Å². The Morgan fingerprint density at radius 3 is 2.63 bits per heavy atom. The van der Waals surface area contributed by atoms with Gasteiger partial charge in [-0.3, -0.25) is 4.90 Å². The molecule has 1 N–H and O–H groups in total. The summed E-state index contributed by atoms with van der Waals surface area (Å²) in [5, 5.41) is 7.16. The van der Waals surface area contributed by atoms with E-state index in [-0.39, 0.29) is 23.6 Å². The van der Waals surface area contributed by atoms with Crippen molar-refractivity contribution < 1.29 is 18.4 Å². The maximum absolute atomic E-state index is 13.8. The second-order valence-electron chi connectivity index (χ2n) is 8.16. The van der Waals surface area contributed by atoms with Gasteiger partial charge in [-0.1, -0.05) is 59.8 Å². The zero-order valence-corrected chi connectivity index (χ0v) is 19.2. The number of hydrogen-bond acceptors (Lipinski definition) is 5. The highest BCUT2D eigenvalue weighted by Gasteiger charge is 2.35. The predicted molar refractivity (Wildman–Crippen MR) is 129 cm³/mol. The van der Waals surface area contributed by atoms with Gasteiger partial charge in [0.05, 0.1) is 25.3 Å². The minimum Gasteiger partial charge on any atom is -0.497 e. The Labute approximate surface area is 201 Å². The lowest BCUT2D eigenvalue weighted by Gasteiger charge is -2.35. The number of rotatable bonds is 6. The smallest absolute Gasteiger partial charge is 0.322 e. The molecule has 1 aliphatic heterocycles. The van der Waals surface area contributed by atoms with Crippen LogP contribution in [-0.4, -0.2) is 28.2 Å². The molecular formula is C27H23FN4O3. The van der Waals surface area contributed by atoms with E-state index in [0.29, 0.717) is 29.1 Å². The van der Waals surface area contributed by atoms with Crippen LogP contribution >= 0.6 is 0 Å². The fourth-order valence-electron chi connectivity index (χ4n) is 4.18. The van der Waals surface area contributed by atoms with Crippen LogP contribution in [0.2, 0.25) is 0 Å². The number of amides is 2. The number of benzene rings is 3. The topological polar surface area (TPSA) is 80.5 Å². The van der Waals surface area contributed by atoms with Gasteiger partial charge in [-0.05, 0) is 42.3 Å². The van der Waals surface area contributed by atoms with Gasteiger partial charge in [0.15, 0.2) is 0 Å². The molecule has 1 unspecified atom stereocenters. The van der Waals surface area contributed by atoms with E-state index in [1.165, 1.54) is 12.1 Å². The summed E-state index contributed by atoms with van der Waals surface area (Å²) in [6, 6.07) is 22.4. The molecule has 2 amide bonds. The van der Waals surface area contributed by atoms with E-state index in [1.54, 1.807) is 24.1 Å². The van der Waals surface area contributed by atoms with Gasteiger partial charge >= 0.3 is 6.03 Å². The third-order valence-corrected chi connectivity index (χ3v) is 5.94. The SMILES string of the molecule is COc1cccc(CN2C(=O)NC(c3ccccc3)C(c3nc(-c4cccc(F)c4)no3)=C2C)c1. The Morgan fingerprint density at radius 1 is 1.06 bits per heavy atom. The van der Waals surface area contributed by atoms with Crippen LogP contribution < -0.4 is 10.1 Å². The molecule has 2 heterocycles. The molecule has 1 aliphatic rings. The lowest BCUT2D eigenvalue weighted by atomic mass is 9.94. The van der Waals surface area contributed by atoms with Gasteiger partial charge in [0.1, 0.15) is 11.6 Å². The number of carbonyl (C=O) groups excluding carboxylic acids is 1. The number of aromatic nitrogens is 2. The predicted octanol–water partition coefficient (Wildman–Crippen LogP) is 5.58. The van der Waals surface area contributed by atoms with Crippen molar-refractivity contribution in [3.63, 3.8) is 0 Å². The minimum absolute atomic E-state index is 0.243. The minimum atomic E-state index is -0.494. The third-order valence-electron chi connectivity index (χ3n) is 5.94. The summed E-state index contributed by atoms with van der Waals surface area (Å²) in [4.78, 5) is 19.4. The van der Waals surface area contributed by atoms with E-state index >= 15 is 0 Å². The molecule has 0 radical (unpaired) electrons. The van der Waals surface area contributed by atoms with Crippen LogP contribution in [0.15, 0.2) is 89.1 Å². The summed E-state index contributed by atoms with van der Waals surface area (Å²) in [5.41, 5.74) is 3.64. The van der Waals surface area contributed by atoms with E-state index in [1.807, 2.05) is 61.5 Å². The van der Waals surface area contributed by atoms with Crippen LogP contribution in [0.5, 0.6) is 5.75 Å². The standard InChI is InChI=1S/C27H23FN4O3/c1-17-23(26-30-25(31-35-26)20-11-7-12-21(28)15-20)24(19-9-4-3-5-10-19)29-27(33)32(17)16-18-8-6-13-22(14-18)34-2/h3-15,24H,16H2,1-2H3,(H,29,33). The van der Waals surface area contributed by atoms with Crippen molar-refractivity contribution in [1.82, 2.24) is 20.4 Å². The molecule has 0 bridgehead atoms. The van der Waals surface area contributed by atoms with Crippen molar-refractivity contribution in [1.29, 1.82) is 0 Å². The van der Waals surface area contributed by atoms with Crippen LogP contribution in [0.4, 0.5) is 9.18 Å². The average Bonchev–Trinajstić information content (AvgIpc) is 3.37. The molecule has 3 aromatic carbocycles. The van der Waals surface area contributed by atoms with Crippen molar-refractivity contribution in [2.24, 2.45) is 0 Å². The maximum Gasteiger partial charge on any atom is 0.322 e. The number of methoxy groups -OCH3 is 1. The fourth-order valence-corrected chi connectivity index (χ4v) is 4.18. The summed E-state index contributed by atoms with van der Waals surface area (Å²) in [6.07, 6.45) is 0. The van der Waals surface area contributed by atoms with Gasteiger partial charge in [-0.15, -0.1) is 0 Å². The maximum atomic E-state index is 13.8. The highest BCUT2D eigenvalue weighted by Crippen LogP contribution is 2.38. The molecule has 1 atom stereocenters. The van der Waals surface area contributed by atoms with Crippen LogP contribution in [0, 0.1) is 5.82 Å². The lowest BCUT2D eigenvalue weighted by Crippen LogP contribution is -2.45. The first kappa shape index (κ1) is 22.3. The van der Waals surface area contributed by atoms with E-state index in [9.17, 15) is 9.18 Å². The number of urea groups is 1. The first-order valence-corrected chi connectivity index (χ1v) is 11.1. The first-order valence-electron chi connectivity index (χ1n) is 11.1. The van der Waals surface area contributed by atoms with Gasteiger partial charge < -0.3 is 14.6 Å². The number of hydrogen-bond donors (Lipinski definition) is 1. The molecule has 176 valence electrons. The lowest BCUT2D eigenvalue weighted by molar-refractivity contribution is 0.203. The van der Waals surface area contributed by atoms with Crippen LogP contribution in [0.3, 0.4) is 0 Å². The van der Waals surface area contributed by atoms with Crippen molar-refractivity contribution in [2.45, 2.75) is 19.5 Å². The molecule has 0 spiro atoms. The van der Waals surface area contributed by atoms with Crippen LogP contribution in [0.1, 0.15) is 30.0 Å². The largest absolute Gasteiger partial charge is 0.497 e. The Bertz CT molecular complexity index is 1400. The number of nitrogens with one attached hydrogen (secondary N) is 1. The molecule has 0 saturated heterocycles. The van der Waals surface area contributed by atoms with Gasteiger partial charge in [0, 0.05) is 11.3 Å². The van der Waals surface area contributed by atoms with Gasteiger partial charge in [0.25, 0.3) is 5.89 Å².